The van der Waals surface area contributed by atoms with Crippen molar-refractivity contribution >= 4 is 5.71 Å². The van der Waals surface area contributed by atoms with Crippen molar-refractivity contribution in [2.75, 3.05) is 0 Å². The quantitative estimate of drug-likeness (QED) is 0.501. The third-order valence-corrected chi connectivity index (χ3v) is 1.89. The van der Waals surface area contributed by atoms with Gasteiger partial charge in [0.2, 0.25) is 0 Å². The summed E-state index contributed by atoms with van der Waals surface area (Å²) in [4.78, 5) is 4.46. The van der Waals surface area contributed by atoms with Gasteiger partial charge in [-0.2, -0.15) is 0 Å². The lowest BCUT2D eigenvalue weighted by Gasteiger charge is -1.91. The summed E-state index contributed by atoms with van der Waals surface area (Å²) in [5, 5.41) is 0. The standard InChI is InChI=1S/C8H11N/c1-6-2-5-8(9-6)7-3-4-7/h2,5-7H,3-4H2,1H3. The van der Waals surface area contributed by atoms with E-state index in [1.54, 1.807) is 0 Å². The van der Waals surface area contributed by atoms with Crippen LogP contribution in [-0.4, -0.2) is 11.8 Å². The van der Waals surface area contributed by atoms with Crippen LogP contribution in [0.4, 0.5) is 0 Å². The van der Waals surface area contributed by atoms with Crippen LogP contribution < -0.4 is 0 Å². The van der Waals surface area contributed by atoms with Gasteiger partial charge in [-0.25, -0.2) is 0 Å². The highest BCUT2D eigenvalue weighted by molar-refractivity contribution is 6.00. The molecule has 1 heteroatoms. The molecule has 1 saturated carbocycles. The van der Waals surface area contributed by atoms with Gasteiger partial charge in [0.05, 0.1) is 6.04 Å². The lowest BCUT2D eigenvalue weighted by Crippen LogP contribution is -1.93. The smallest absolute Gasteiger partial charge is 0.0658 e. The summed E-state index contributed by atoms with van der Waals surface area (Å²) in [7, 11) is 0. The summed E-state index contributed by atoms with van der Waals surface area (Å²) in [6.07, 6.45) is 7.10. The van der Waals surface area contributed by atoms with E-state index in [2.05, 4.69) is 24.1 Å². The molecule has 2 rings (SSSR count). The van der Waals surface area contributed by atoms with Crippen LogP contribution in [0.5, 0.6) is 0 Å². The van der Waals surface area contributed by atoms with Gasteiger partial charge in [-0.15, -0.1) is 0 Å². The molecule has 1 fully saturated rings. The molecule has 1 heterocycles. The number of hydrogen-bond acceptors (Lipinski definition) is 1. The lowest BCUT2D eigenvalue weighted by atomic mass is 10.2. The highest BCUT2D eigenvalue weighted by Gasteiger charge is 2.27. The van der Waals surface area contributed by atoms with E-state index in [0.29, 0.717) is 6.04 Å². The predicted octanol–water partition coefficient (Wildman–Crippen LogP) is 1.80. The molecule has 0 radical (unpaired) electrons. The van der Waals surface area contributed by atoms with E-state index in [4.69, 9.17) is 0 Å². The van der Waals surface area contributed by atoms with Crippen LogP contribution in [0.3, 0.4) is 0 Å². The molecule has 1 aliphatic carbocycles. The Morgan fingerprint density at radius 2 is 2.33 bits per heavy atom. The fourth-order valence-corrected chi connectivity index (χ4v) is 1.18. The van der Waals surface area contributed by atoms with Gasteiger partial charge in [-0.1, -0.05) is 6.08 Å². The highest BCUT2D eigenvalue weighted by atomic mass is 14.8. The van der Waals surface area contributed by atoms with Gasteiger partial charge in [0.25, 0.3) is 0 Å². The van der Waals surface area contributed by atoms with Crippen molar-refractivity contribution in [3.05, 3.63) is 12.2 Å². The van der Waals surface area contributed by atoms with E-state index in [9.17, 15) is 0 Å². The van der Waals surface area contributed by atoms with E-state index >= 15 is 0 Å². The Bertz CT molecular complexity index is 175. The highest BCUT2D eigenvalue weighted by Crippen LogP contribution is 2.32. The van der Waals surface area contributed by atoms with Crippen molar-refractivity contribution in [1.82, 2.24) is 0 Å². The third kappa shape index (κ3) is 0.913. The Morgan fingerprint density at radius 3 is 2.78 bits per heavy atom. The molecule has 0 aromatic rings. The fraction of sp³-hybridized carbons (Fsp3) is 0.625. The Morgan fingerprint density at radius 1 is 1.56 bits per heavy atom. The van der Waals surface area contributed by atoms with Crippen LogP contribution in [0.15, 0.2) is 17.1 Å². The van der Waals surface area contributed by atoms with Crippen LogP contribution in [0.25, 0.3) is 0 Å². The molecule has 0 amide bonds. The largest absolute Gasteiger partial charge is 0.282 e. The van der Waals surface area contributed by atoms with Crippen molar-refractivity contribution in [3.63, 3.8) is 0 Å². The zero-order valence-corrected chi connectivity index (χ0v) is 5.67. The molecule has 0 spiro atoms. The first-order chi connectivity index (χ1) is 4.36. The fourth-order valence-electron chi connectivity index (χ4n) is 1.18. The molecule has 0 aromatic heterocycles. The maximum absolute atomic E-state index is 4.46. The second kappa shape index (κ2) is 1.69. The first-order valence-electron chi connectivity index (χ1n) is 3.62. The summed E-state index contributed by atoms with van der Waals surface area (Å²) in [6, 6.07) is 0.459. The lowest BCUT2D eigenvalue weighted by molar-refractivity contribution is 0.937. The second-order valence-electron chi connectivity index (χ2n) is 2.93. The van der Waals surface area contributed by atoms with Crippen molar-refractivity contribution in [3.8, 4) is 0 Å². The molecular formula is C8H11N. The minimum absolute atomic E-state index is 0.459. The average molecular weight is 121 g/mol. The van der Waals surface area contributed by atoms with Gasteiger partial charge < -0.3 is 0 Å². The molecule has 1 aliphatic heterocycles. The van der Waals surface area contributed by atoms with Gasteiger partial charge in [0.1, 0.15) is 0 Å². The Kier molecular flexibility index (Phi) is 0.981. The van der Waals surface area contributed by atoms with Gasteiger partial charge in [0, 0.05) is 11.6 Å². The Hall–Kier alpha value is -0.590. The molecular weight excluding hydrogens is 110 g/mol. The molecule has 2 aliphatic rings. The zero-order valence-electron chi connectivity index (χ0n) is 5.67. The zero-order chi connectivity index (χ0) is 6.27. The molecule has 9 heavy (non-hydrogen) atoms. The Labute approximate surface area is 55.5 Å². The summed E-state index contributed by atoms with van der Waals surface area (Å²) in [5.74, 6) is 0.839. The van der Waals surface area contributed by atoms with Crippen LogP contribution in [0, 0.1) is 5.92 Å². The Balaban J connectivity index is 2.12. The first kappa shape index (κ1) is 5.21. The van der Waals surface area contributed by atoms with E-state index < -0.39 is 0 Å². The van der Waals surface area contributed by atoms with E-state index in [1.165, 1.54) is 18.6 Å². The molecule has 0 bridgehead atoms. The molecule has 0 saturated heterocycles. The molecule has 0 N–H and O–H groups in total. The summed E-state index contributed by atoms with van der Waals surface area (Å²) >= 11 is 0. The van der Waals surface area contributed by atoms with Gasteiger partial charge in [-0.3, -0.25) is 4.99 Å². The first-order valence-corrected chi connectivity index (χ1v) is 3.62. The maximum Gasteiger partial charge on any atom is 0.0658 e. The molecule has 0 aromatic carbocycles. The summed E-state index contributed by atoms with van der Waals surface area (Å²) in [5.41, 5.74) is 1.35. The summed E-state index contributed by atoms with van der Waals surface area (Å²) in [6.45, 7) is 2.13. The summed E-state index contributed by atoms with van der Waals surface area (Å²) < 4.78 is 0. The van der Waals surface area contributed by atoms with E-state index in [0.717, 1.165) is 5.92 Å². The van der Waals surface area contributed by atoms with Crippen molar-refractivity contribution in [2.24, 2.45) is 10.9 Å². The van der Waals surface area contributed by atoms with Crippen LogP contribution in [0.2, 0.25) is 0 Å². The molecule has 1 nitrogen and oxygen atoms in total. The molecule has 48 valence electrons. The van der Waals surface area contributed by atoms with Crippen LogP contribution in [-0.2, 0) is 0 Å². The minimum Gasteiger partial charge on any atom is -0.282 e. The van der Waals surface area contributed by atoms with Gasteiger partial charge in [-0.05, 0) is 25.8 Å². The monoisotopic (exact) mass is 121 g/mol. The van der Waals surface area contributed by atoms with Gasteiger partial charge in [0.15, 0.2) is 0 Å². The van der Waals surface area contributed by atoms with Crippen molar-refractivity contribution in [2.45, 2.75) is 25.8 Å². The number of nitrogens with zero attached hydrogens (tertiary/aromatic N) is 1. The van der Waals surface area contributed by atoms with Crippen molar-refractivity contribution < 1.29 is 0 Å². The molecule has 1 unspecified atom stereocenters. The number of allylic oxidation sites excluding steroid dienone is 1. The number of hydrogen-bond donors (Lipinski definition) is 0. The maximum atomic E-state index is 4.46. The second-order valence-corrected chi connectivity index (χ2v) is 2.93. The van der Waals surface area contributed by atoms with Gasteiger partial charge >= 0.3 is 0 Å². The van der Waals surface area contributed by atoms with Crippen LogP contribution >= 0.6 is 0 Å². The van der Waals surface area contributed by atoms with E-state index in [1.807, 2.05) is 0 Å². The van der Waals surface area contributed by atoms with E-state index in [-0.39, 0.29) is 0 Å². The minimum atomic E-state index is 0.459. The predicted molar refractivity (Wildman–Crippen MR) is 38.8 cm³/mol. The average Bonchev–Trinajstić information content (AvgIpc) is 2.58. The van der Waals surface area contributed by atoms with Crippen LogP contribution in [0.1, 0.15) is 19.8 Å². The number of rotatable bonds is 1. The van der Waals surface area contributed by atoms with Crippen molar-refractivity contribution in [1.29, 1.82) is 0 Å². The number of aliphatic imine (C=N–C) groups is 1. The SMILES string of the molecule is CC1C=CC(C2CC2)=N1. The molecule has 1 atom stereocenters. The normalized spacial score (nSPS) is 33.0. The topological polar surface area (TPSA) is 12.4 Å². The third-order valence-electron chi connectivity index (χ3n) is 1.89.